The lowest BCUT2D eigenvalue weighted by Gasteiger charge is -1.99. The van der Waals surface area contributed by atoms with Crippen LogP contribution in [0.15, 0.2) is 12.1 Å². The molecule has 2 aromatic rings. The third-order valence-electron chi connectivity index (χ3n) is 2.66. The fourth-order valence-corrected chi connectivity index (χ4v) is 1.60. The summed E-state index contributed by atoms with van der Waals surface area (Å²) in [6.45, 7) is 4.16. The SMILES string of the molecule is Cc1cc(-c2cc(N)n[nH]2)c(C)n1C. The zero-order chi connectivity index (χ0) is 10.3. The lowest BCUT2D eigenvalue weighted by molar-refractivity contribution is 0.844. The summed E-state index contributed by atoms with van der Waals surface area (Å²) >= 11 is 0. The molecule has 4 heteroatoms. The molecule has 0 aromatic carbocycles. The molecule has 0 unspecified atom stereocenters. The van der Waals surface area contributed by atoms with Crippen molar-refractivity contribution in [1.82, 2.24) is 14.8 Å². The average Bonchev–Trinajstić information content (AvgIpc) is 2.66. The van der Waals surface area contributed by atoms with Crippen LogP contribution in [-0.4, -0.2) is 14.8 Å². The summed E-state index contributed by atoms with van der Waals surface area (Å²) in [6.07, 6.45) is 0. The number of rotatable bonds is 1. The van der Waals surface area contributed by atoms with Crippen LogP contribution in [0.3, 0.4) is 0 Å². The van der Waals surface area contributed by atoms with Crippen LogP contribution in [0, 0.1) is 13.8 Å². The van der Waals surface area contributed by atoms with Gasteiger partial charge in [0.1, 0.15) is 5.82 Å². The second kappa shape index (κ2) is 2.90. The maximum Gasteiger partial charge on any atom is 0.145 e. The number of nitrogens with two attached hydrogens (primary N) is 1. The lowest BCUT2D eigenvalue weighted by atomic mass is 10.2. The fourth-order valence-electron chi connectivity index (χ4n) is 1.60. The Balaban J connectivity index is 2.57. The summed E-state index contributed by atoms with van der Waals surface area (Å²) in [4.78, 5) is 0. The quantitative estimate of drug-likeness (QED) is 0.717. The molecule has 0 saturated heterocycles. The van der Waals surface area contributed by atoms with Crippen LogP contribution in [0.4, 0.5) is 5.82 Å². The normalized spacial score (nSPS) is 10.8. The number of anilines is 1. The number of nitrogen functional groups attached to an aromatic ring is 1. The second-order valence-electron chi connectivity index (χ2n) is 3.55. The Morgan fingerprint density at radius 2 is 2.07 bits per heavy atom. The van der Waals surface area contributed by atoms with E-state index in [1.54, 1.807) is 0 Å². The number of nitrogens with one attached hydrogen (secondary N) is 1. The van der Waals surface area contributed by atoms with E-state index < -0.39 is 0 Å². The first-order chi connectivity index (χ1) is 6.59. The van der Waals surface area contributed by atoms with E-state index in [2.05, 4.69) is 34.7 Å². The van der Waals surface area contributed by atoms with Gasteiger partial charge in [-0.1, -0.05) is 0 Å². The van der Waals surface area contributed by atoms with Crippen molar-refractivity contribution in [2.75, 3.05) is 5.73 Å². The van der Waals surface area contributed by atoms with E-state index in [4.69, 9.17) is 5.73 Å². The number of hydrogen-bond acceptors (Lipinski definition) is 2. The van der Waals surface area contributed by atoms with E-state index in [0.29, 0.717) is 5.82 Å². The van der Waals surface area contributed by atoms with E-state index in [0.717, 1.165) is 11.3 Å². The van der Waals surface area contributed by atoms with Crippen molar-refractivity contribution >= 4 is 5.82 Å². The Morgan fingerprint density at radius 1 is 1.36 bits per heavy atom. The Kier molecular flexibility index (Phi) is 1.84. The highest BCUT2D eigenvalue weighted by atomic mass is 15.2. The molecule has 0 bridgehead atoms. The minimum atomic E-state index is 0.529. The van der Waals surface area contributed by atoms with Gasteiger partial charge in [-0.05, 0) is 19.9 Å². The predicted octanol–water partition coefficient (Wildman–Crippen LogP) is 1.61. The molecule has 0 aliphatic rings. The van der Waals surface area contributed by atoms with E-state index >= 15 is 0 Å². The number of aryl methyl sites for hydroxylation is 1. The molecule has 2 rings (SSSR count). The van der Waals surface area contributed by atoms with Crippen LogP contribution in [0.25, 0.3) is 11.3 Å². The lowest BCUT2D eigenvalue weighted by Crippen LogP contribution is -1.92. The van der Waals surface area contributed by atoms with Gasteiger partial charge in [0, 0.05) is 30.1 Å². The van der Waals surface area contributed by atoms with Gasteiger partial charge in [-0.3, -0.25) is 5.10 Å². The molecule has 0 atom stereocenters. The molecule has 74 valence electrons. The van der Waals surface area contributed by atoms with E-state index in [-0.39, 0.29) is 0 Å². The van der Waals surface area contributed by atoms with Crippen LogP contribution >= 0.6 is 0 Å². The predicted molar refractivity (Wildman–Crippen MR) is 56.9 cm³/mol. The minimum absolute atomic E-state index is 0.529. The second-order valence-corrected chi connectivity index (χ2v) is 3.55. The Labute approximate surface area is 82.7 Å². The van der Waals surface area contributed by atoms with Crippen molar-refractivity contribution in [2.24, 2.45) is 7.05 Å². The minimum Gasteiger partial charge on any atom is -0.382 e. The van der Waals surface area contributed by atoms with Crippen molar-refractivity contribution in [3.63, 3.8) is 0 Å². The van der Waals surface area contributed by atoms with Crippen LogP contribution in [0.2, 0.25) is 0 Å². The molecule has 0 spiro atoms. The van der Waals surface area contributed by atoms with Crippen LogP contribution in [0.1, 0.15) is 11.4 Å². The zero-order valence-electron chi connectivity index (χ0n) is 8.63. The van der Waals surface area contributed by atoms with Gasteiger partial charge in [0.2, 0.25) is 0 Å². The maximum atomic E-state index is 5.56. The topological polar surface area (TPSA) is 59.6 Å². The molecular formula is C10H14N4. The Bertz CT molecular complexity index is 464. The van der Waals surface area contributed by atoms with Gasteiger partial charge in [0.25, 0.3) is 0 Å². The summed E-state index contributed by atoms with van der Waals surface area (Å²) in [5, 5.41) is 6.83. The van der Waals surface area contributed by atoms with E-state index in [1.807, 2.05) is 13.1 Å². The molecule has 0 fully saturated rings. The fraction of sp³-hybridized carbons (Fsp3) is 0.300. The van der Waals surface area contributed by atoms with Gasteiger partial charge in [0.15, 0.2) is 0 Å². The first-order valence-electron chi connectivity index (χ1n) is 4.54. The first kappa shape index (κ1) is 8.87. The first-order valence-corrected chi connectivity index (χ1v) is 4.54. The Hall–Kier alpha value is -1.71. The zero-order valence-corrected chi connectivity index (χ0v) is 8.63. The largest absolute Gasteiger partial charge is 0.382 e. The number of nitrogens with zero attached hydrogens (tertiary/aromatic N) is 2. The van der Waals surface area contributed by atoms with Crippen molar-refractivity contribution in [3.8, 4) is 11.3 Å². The molecule has 0 amide bonds. The van der Waals surface area contributed by atoms with Gasteiger partial charge in [-0.15, -0.1) is 0 Å². The third-order valence-corrected chi connectivity index (χ3v) is 2.66. The van der Waals surface area contributed by atoms with Crippen molar-refractivity contribution in [2.45, 2.75) is 13.8 Å². The van der Waals surface area contributed by atoms with Gasteiger partial charge in [-0.25, -0.2) is 0 Å². The number of aromatic amines is 1. The monoisotopic (exact) mass is 190 g/mol. The molecule has 0 saturated carbocycles. The van der Waals surface area contributed by atoms with Crippen molar-refractivity contribution in [3.05, 3.63) is 23.5 Å². The highest BCUT2D eigenvalue weighted by Crippen LogP contribution is 2.25. The molecule has 4 nitrogen and oxygen atoms in total. The number of H-pyrrole nitrogens is 1. The summed E-state index contributed by atoms with van der Waals surface area (Å²) in [7, 11) is 2.05. The summed E-state index contributed by atoms with van der Waals surface area (Å²) in [5.74, 6) is 0.529. The highest BCUT2D eigenvalue weighted by Gasteiger charge is 2.09. The summed E-state index contributed by atoms with van der Waals surface area (Å²) < 4.78 is 2.15. The van der Waals surface area contributed by atoms with Crippen molar-refractivity contribution in [1.29, 1.82) is 0 Å². The molecule has 2 aromatic heterocycles. The molecule has 0 radical (unpaired) electrons. The maximum absolute atomic E-state index is 5.56. The smallest absolute Gasteiger partial charge is 0.145 e. The summed E-state index contributed by atoms with van der Waals surface area (Å²) in [5.41, 5.74) is 10.1. The van der Waals surface area contributed by atoms with Crippen LogP contribution < -0.4 is 5.73 Å². The van der Waals surface area contributed by atoms with E-state index in [9.17, 15) is 0 Å². The van der Waals surface area contributed by atoms with Gasteiger partial charge in [0.05, 0.1) is 5.69 Å². The number of hydrogen-bond donors (Lipinski definition) is 2. The highest BCUT2D eigenvalue weighted by molar-refractivity contribution is 5.65. The van der Waals surface area contributed by atoms with Gasteiger partial charge < -0.3 is 10.3 Å². The van der Waals surface area contributed by atoms with Gasteiger partial charge in [-0.2, -0.15) is 5.10 Å². The van der Waals surface area contributed by atoms with Crippen molar-refractivity contribution < 1.29 is 0 Å². The van der Waals surface area contributed by atoms with E-state index in [1.165, 1.54) is 11.4 Å². The Morgan fingerprint density at radius 3 is 2.50 bits per heavy atom. The molecular weight excluding hydrogens is 176 g/mol. The average molecular weight is 190 g/mol. The molecule has 0 aliphatic heterocycles. The number of aromatic nitrogens is 3. The summed E-state index contributed by atoms with van der Waals surface area (Å²) in [6, 6.07) is 3.98. The molecule has 0 aliphatic carbocycles. The standard InChI is InChI=1S/C10H14N4/c1-6-4-8(7(2)14(6)3)9-5-10(11)13-12-9/h4-5H,1-3H3,(H3,11,12,13). The van der Waals surface area contributed by atoms with Gasteiger partial charge >= 0.3 is 0 Å². The molecule has 3 N–H and O–H groups in total. The van der Waals surface area contributed by atoms with Crippen LogP contribution in [0.5, 0.6) is 0 Å². The molecule has 14 heavy (non-hydrogen) atoms. The third kappa shape index (κ3) is 1.19. The van der Waals surface area contributed by atoms with Crippen LogP contribution in [-0.2, 0) is 7.05 Å². The molecule has 2 heterocycles.